The first-order valence-corrected chi connectivity index (χ1v) is 6.23. The van der Waals surface area contributed by atoms with Crippen molar-refractivity contribution >= 4 is 5.83 Å². The largest absolute Gasteiger partial charge is 0.208 e. The summed E-state index contributed by atoms with van der Waals surface area (Å²) < 4.78 is 123. The van der Waals surface area contributed by atoms with E-state index in [4.69, 9.17) is 0 Å². The lowest BCUT2D eigenvalue weighted by Crippen LogP contribution is -2.12. The van der Waals surface area contributed by atoms with E-state index in [0.29, 0.717) is 12.1 Å². The smallest absolute Gasteiger partial charge is 0.198 e. The highest BCUT2D eigenvalue weighted by atomic mass is 19.2. The fraction of sp³-hybridized carbons (Fsp3) is 0.0667. The van der Waals surface area contributed by atoms with E-state index >= 15 is 0 Å². The molecule has 126 valence electrons. The molecule has 1 aliphatic carbocycles. The molecule has 0 spiro atoms. The number of hydrogen-bond donors (Lipinski definition) is 0. The number of hydrogen-bond acceptors (Lipinski definition) is 0. The topological polar surface area (TPSA) is 0 Å². The predicted octanol–water partition coefficient (Wildman–Crippen LogP) is 5.41. The van der Waals surface area contributed by atoms with Crippen molar-refractivity contribution in [3.05, 3.63) is 75.4 Å². The van der Waals surface area contributed by atoms with Gasteiger partial charge in [0.05, 0.1) is 11.5 Å². The normalized spacial score (nSPS) is 16.8. The van der Waals surface area contributed by atoms with Crippen molar-refractivity contribution in [2.45, 2.75) is 5.92 Å². The fourth-order valence-electron chi connectivity index (χ4n) is 2.59. The summed E-state index contributed by atoms with van der Waals surface area (Å²) in [5.41, 5.74) is -4.63. The Hall–Kier alpha value is -2.45. The second-order valence-corrected chi connectivity index (χ2v) is 4.90. The van der Waals surface area contributed by atoms with Gasteiger partial charge in [0.15, 0.2) is 40.7 Å². The summed E-state index contributed by atoms with van der Waals surface area (Å²) in [6.45, 7) is 0. The molecule has 0 aliphatic heterocycles. The second kappa shape index (κ2) is 5.29. The van der Waals surface area contributed by atoms with Crippen LogP contribution in [0.25, 0.3) is 5.83 Å². The van der Waals surface area contributed by atoms with Crippen molar-refractivity contribution in [1.29, 1.82) is 0 Å². The summed E-state index contributed by atoms with van der Waals surface area (Å²) in [5.74, 6) is -21.5. The molecule has 0 saturated carbocycles. The Morgan fingerprint density at radius 1 is 0.542 bits per heavy atom. The average Bonchev–Trinajstić information content (AvgIpc) is 2.80. The van der Waals surface area contributed by atoms with E-state index < -0.39 is 75.0 Å². The Bertz CT molecular complexity index is 914. The third-order valence-electron chi connectivity index (χ3n) is 3.64. The molecule has 2 aromatic rings. The summed E-state index contributed by atoms with van der Waals surface area (Å²) in [4.78, 5) is 0. The van der Waals surface area contributed by atoms with Crippen molar-refractivity contribution in [1.82, 2.24) is 0 Å². The molecule has 1 aliphatic rings. The Balaban J connectivity index is 2.43. The van der Waals surface area contributed by atoms with Crippen LogP contribution in [0, 0.1) is 40.7 Å². The van der Waals surface area contributed by atoms with Gasteiger partial charge in [-0.25, -0.2) is 39.5 Å². The molecule has 0 radical (unpaired) electrons. The van der Waals surface area contributed by atoms with Gasteiger partial charge in [0.1, 0.15) is 11.6 Å². The standard InChI is InChI=1S/C15H3F9/c16-3-1-2-4(17)9(18)5(3)6-7-8(12(21)10(6)19)13(22)15(24)14(23)11(7)20/h1-2,6H. The van der Waals surface area contributed by atoms with Gasteiger partial charge in [-0.3, -0.25) is 0 Å². The molecule has 0 amide bonds. The lowest BCUT2D eigenvalue weighted by molar-refractivity contribution is 0.399. The molecule has 3 rings (SSSR count). The molecule has 0 aromatic heterocycles. The lowest BCUT2D eigenvalue weighted by atomic mass is 9.90. The predicted molar refractivity (Wildman–Crippen MR) is 63.6 cm³/mol. The van der Waals surface area contributed by atoms with Crippen molar-refractivity contribution in [3.8, 4) is 0 Å². The molecule has 9 heteroatoms. The first-order chi connectivity index (χ1) is 11.2. The third kappa shape index (κ3) is 1.96. The maximum Gasteiger partial charge on any atom is 0.198 e. The number of halogens is 9. The summed E-state index contributed by atoms with van der Waals surface area (Å²) in [6.07, 6.45) is 0. The van der Waals surface area contributed by atoms with Gasteiger partial charge in [0, 0.05) is 11.1 Å². The zero-order valence-corrected chi connectivity index (χ0v) is 11.1. The highest BCUT2D eigenvalue weighted by molar-refractivity contribution is 5.75. The van der Waals surface area contributed by atoms with Crippen molar-refractivity contribution in [2.24, 2.45) is 0 Å². The van der Waals surface area contributed by atoms with Crippen LogP contribution in [-0.4, -0.2) is 0 Å². The van der Waals surface area contributed by atoms with Gasteiger partial charge in [-0.15, -0.1) is 0 Å². The highest BCUT2D eigenvalue weighted by Crippen LogP contribution is 2.50. The van der Waals surface area contributed by atoms with Gasteiger partial charge in [0.2, 0.25) is 0 Å². The molecule has 0 bridgehead atoms. The van der Waals surface area contributed by atoms with E-state index in [-0.39, 0.29) is 0 Å². The molecular weight excluding hydrogens is 351 g/mol. The van der Waals surface area contributed by atoms with Crippen LogP contribution in [-0.2, 0) is 0 Å². The molecule has 0 nitrogen and oxygen atoms in total. The second-order valence-electron chi connectivity index (χ2n) is 4.90. The minimum atomic E-state index is -2.64. The van der Waals surface area contributed by atoms with Gasteiger partial charge in [-0.2, -0.15) is 0 Å². The van der Waals surface area contributed by atoms with Crippen LogP contribution in [0.15, 0.2) is 18.0 Å². The summed E-state index contributed by atoms with van der Waals surface area (Å²) in [5, 5.41) is 0. The van der Waals surface area contributed by atoms with E-state index in [1.54, 1.807) is 0 Å². The summed E-state index contributed by atoms with van der Waals surface area (Å²) >= 11 is 0. The first-order valence-electron chi connectivity index (χ1n) is 6.23. The Morgan fingerprint density at radius 3 is 1.71 bits per heavy atom. The SMILES string of the molecule is FC1=C(F)C(c2c(F)ccc(F)c2F)c2c(F)c(F)c(F)c(F)c21. The van der Waals surface area contributed by atoms with Crippen LogP contribution in [0.4, 0.5) is 39.5 Å². The Labute approximate surface area is 127 Å². The number of rotatable bonds is 1. The van der Waals surface area contributed by atoms with Gasteiger partial charge in [-0.1, -0.05) is 0 Å². The van der Waals surface area contributed by atoms with E-state index in [1.165, 1.54) is 0 Å². The van der Waals surface area contributed by atoms with E-state index in [0.717, 1.165) is 0 Å². The van der Waals surface area contributed by atoms with Gasteiger partial charge < -0.3 is 0 Å². The van der Waals surface area contributed by atoms with Gasteiger partial charge in [-0.05, 0) is 12.1 Å². The van der Waals surface area contributed by atoms with E-state index in [1.807, 2.05) is 0 Å². The number of allylic oxidation sites excluding steroid dienone is 1. The zero-order valence-electron chi connectivity index (χ0n) is 11.1. The Morgan fingerprint density at radius 2 is 1.08 bits per heavy atom. The molecule has 1 unspecified atom stereocenters. The molecule has 0 saturated heterocycles. The minimum absolute atomic E-state index is 0.324. The number of benzene rings is 2. The molecule has 0 heterocycles. The van der Waals surface area contributed by atoms with E-state index in [2.05, 4.69) is 0 Å². The Kier molecular flexibility index (Phi) is 3.61. The van der Waals surface area contributed by atoms with Crippen LogP contribution in [0.3, 0.4) is 0 Å². The van der Waals surface area contributed by atoms with Crippen molar-refractivity contribution in [3.63, 3.8) is 0 Å². The maximum atomic E-state index is 14.0. The highest BCUT2D eigenvalue weighted by Gasteiger charge is 2.44. The van der Waals surface area contributed by atoms with Crippen LogP contribution in [0.5, 0.6) is 0 Å². The monoisotopic (exact) mass is 354 g/mol. The molecule has 2 aromatic carbocycles. The van der Waals surface area contributed by atoms with Gasteiger partial charge in [0.25, 0.3) is 0 Å². The summed E-state index contributed by atoms with van der Waals surface area (Å²) in [7, 11) is 0. The molecule has 0 fully saturated rings. The fourth-order valence-corrected chi connectivity index (χ4v) is 2.59. The molecular formula is C15H3F9. The molecule has 0 N–H and O–H groups in total. The van der Waals surface area contributed by atoms with Crippen LogP contribution in [0.2, 0.25) is 0 Å². The van der Waals surface area contributed by atoms with Crippen molar-refractivity contribution < 1.29 is 39.5 Å². The van der Waals surface area contributed by atoms with Crippen LogP contribution < -0.4 is 0 Å². The molecule has 24 heavy (non-hydrogen) atoms. The van der Waals surface area contributed by atoms with Crippen molar-refractivity contribution in [2.75, 3.05) is 0 Å². The maximum absolute atomic E-state index is 14.0. The molecule has 1 atom stereocenters. The summed E-state index contributed by atoms with van der Waals surface area (Å²) in [6, 6.07) is 0.662. The zero-order chi connectivity index (χ0) is 17.9. The lowest BCUT2D eigenvalue weighted by Gasteiger charge is -2.16. The van der Waals surface area contributed by atoms with Crippen LogP contribution in [0.1, 0.15) is 22.6 Å². The first kappa shape index (κ1) is 16.4. The van der Waals surface area contributed by atoms with E-state index in [9.17, 15) is 39.5 Å². The third-order valence-corrected chi connectivity index (χ3v) is 3.64. The van der Waals surface area contributed by atoms with Gasteiger partial charge >= 0.3 is 0 Å². The quantitative estimate of drug-likeness (QED) is 0.365. The average molecular weight is 354 g/mol. The van der Waals surface area contributed by atoms with Crippen LogP contribution >= 0.6 is 0 Å². The minimum Gasteiger partial charge on any atom is -0.208 e. The number of fused-ring (bicyclic) bond motifs is 1.